The molecule has 0 saturated carbocycles. The van der Waals surface area contributed by atoms with E-state index in [1.165, 1.54) is 4.31 Å². The van der Waals surface area contributed by atoms with Crippen LogP contribution < -0.4 is 4.31 Å². The SMILES string of the molecule is CS(=O)(=O)N(Cc1ccc(Cl)cc1)c1ccc(C(=O)N2CCN(C=O)CC2)cc1. The number of nitrogens with zero attached hydrogens (tertiary/aromatic N) is 3. The molecule has 0 N–H and O–H groups in total. The van der Waals surface area contributed by atoms with Crippen LogP contribution in [0.1, 0.15) is 15.9 Å². The highest BCUT2D eigenvalue weighted by Gasteiger charge is 2.22. The molecule has 1 heterocycles. The van der Waals surface area contributed by atoms with Crippen LogP contribution in [-0.2, 0) is 21.4 Å². The lowest BCUT2D eigenvalue weighted by molar-refractivity contribution is -0.119. The van der Waals surface area contributed by atoms with E-state index in [0.29, 0.717) is 42.5 Å². The minimum absolute atomic E-state index is 0.134. The molecule has 0 aromatic heterocycles. The number of halogens is 1. The number of benzene rings is 2. The van der Waals surface area contributed by atoms with Gasteiger partial charge in [-0.3, -0.25) is 13.9 Å². The Balaban J connectivity index is 1.76. The topological polar surface area (TPSA) is 78.0 Å². The molecule has 2 amide bonds. The molecule has 3 rings (SSSR count). The molecule has 0 radical (unpaired) electrons. The van der Waals surface area contributed by atoms with Gasteiger partial charge in [0.25, 0.3) is 5.91 Å². The van der Waals surface area contributed by atoms with Crippen LogP contribution in [0.2, 0.25) is 5.02 Å². The molecule has 2 aromatic rings. The number of rotatable bonds is 6. The van der Waals surface area contributed by atoms with Gasteiger partial charge in [-0.15, -0.1) is 0 Å². The average Bonchev–Trinajstić information content (AvgIpc) is 2.72. The Hall–Kier alpha value is -2.58. The molecular weight excluding hydrogens is 414 g/mol. The minimum Gasteiger partial charge on any atom is -0.342 e. The fraction of sp³-hybridized carbons (Fsp3) is 0.300. The molecule has 1 saturated heterocycles. The van der Waals surface area contributed by atoms with E-state index >= 15 is 0 Å². The summed E-state index contributed by atoms with van der Waals surface area (Å²) >= 11 is 5.89. The highest BCUT2D eigenvalue weighted by Crippen LogP contribution is 2.22. The highest BCUT2D eigenvalue weighted by atomic mass is 35.5. The van der Waals surface area contributed by atoms with Crippen molar-refractivity contribution in [3.63, 3.8) is 0 Å². The molecule has 1 fully saturated rings. The van der Waals surface area contributed by atoms with Crippen molar-refractivity contribution in [2.75, 3.05) is 36.7 Å². The van der Waals surface area contributed by atoms with Gasteiger partial charge in [-0.2, -0.15) is 0 Å². The minimum atomic E-state index is -3.52. The Morgan fingerprint density at radius 3 is 2.14 bits per heavy atom. The standard InChI is InChI=1S/C20H22ClN3O4S/c1-29(27,28)24(14-16-2-6-18(21)7-3-16)19-8-4-17(5-9-19)20(26)23-12-10-22(15-25)11-13-23/h2-9,15H,10-14H2,1H3. The lowest BCUT2D eigenvalue weighted by Crippen LogP contribution is -2.48. The molecule has 29 heavy (non-hydrogen) atoms. The summed E-state index contributed by atoms with van der Waals surface area (Å²) in [6.07, 6.45) is 1.94. The Kier molecular flexibility index (Phi) is 6.44. The zero-order valence-corrected chi connectivity index (χ0v) is 17.6. The molecule has 0 aliphatic carbocycles. The summed E-state index contributed by atoms with van der Waals surface area (Å²) in [5, 5.41) is 0.580. The number of hydrogen-bond acceptors (Lipinski definition) is 4. The van der Waals surface area contributed by atoms with Crippen molar-refractivity contribution in [1.29, 1.82) is 0 Å². The molecule has 1 aliphatic heterocycles. The van der Waals surface area contributed by atoms with Crippen LogP contribution in [0.15, 0.2) is 48.5 Å². The van der Waals surface area contributed by atoms with Crippen LogP contribution >= 0.6 is 11.6 Å². The van der Waals surface area contributed by atoms with E-state index in [2.05, 4.69) is 0 Å². The van der Waals surface area contributed by atoms with Crippen LogP contribution in [0, 0.1) is 0 Å². The molecule has 154 valence electrons. The van der Waals surface area contributed by atoms with Gasteiger partial charge in [-0.1, -0.05) is 23.7 Å². The van der Waals surface area contributed by atoms with E-state index in [4.69, 9.17) is 11.6 Å². The van der Waals surface area contributed by atoms with Crippen LogP contribution in [0.4, 0.5) is 5.69 Å². The second kappa shape index (κ2) is 8.84. The first-order valence-corrected chi connectivity index (χ1v) is 11.3. The van der Waals surface area contributed by atoms with Crippen molar-refractivity contribution in [2.45, 2.75) is 6.54 Å². The van der Waals surface area contributed by atoms with Gasteiger partial charge >= 0.3 is 0 Å². The van der Waals surface area contributed by atoms with Gasteiger partial charge in [-0.05, 0) is 42.0 Å². The zero-order chi connectivity index (χ0) is 21.0. The molecule has 0 unspecified atom stereocenters. The van der Waals surface area contributed by atoms with Crippen molar-refractivity contribution in [3.05, 3.63) is 64.7 Å². The van der Waals surface area contributed by atoms with Crippen molar-refractivity contribution < 1.29 is 18.0 Å². The maximum Gasteiger partial charge on any atom is 0.253 e. The van der Waals surface area contributed by atoms with Gasteiger partial charge in [0.15, 0.2) is 0 Å². The van der Waals surface area contributed by atoms with Crippen LogP contribution in [-0.4, -0.2) is 63.0 Å². The first-order valence-electron chi connectivity index (χ1n) is 9.09. The molecule has 7 nitrogen and oxygen atoms in total. The monoisotopic (exact) mass is 435 g/mol. The quantitative estimate of drug-likeness (QED) is 0.652. The number of amides is 2. The van der Waals surface area contributed by atoms with Crippen LogP contribution in [0.5, 0.6) is 0 Å². The summed E-state index contributed by atoms with van der Waals surface area (Å²) in [6.45, 7) is 2.14. The predicted molar refractivity (Wildman–Crippen MR) is 112 cm³/mol. The van der Waals surface area contributed by atoms with Crippen molar-refractivity contribution in [3.8, 4) is 0 Å². The first kappa shape index (κ1) is 21.1. The maximum atomic E-state index is 12.7. The number of hydrogen-bond donors (Lipinski definition) is 0. The third kappa shape index (κ3) is 5.27. The lowest BCUT2D eigenvalue weighted by Gasteiger charge is -2.32. The second-order valence-electron chi connectivity index (χ2n) is 6.88. The van der Waals surface area contributed by atoms with E-state index < -0.39 is 10.0 Å². The first-order chi connectivity index (χ1) is 13.8. The molecule has 9 heteroatoms. The summed E-state index contributed by atoms with van der Waals surface area (Å²) in [6, 6.07) is 13.5. The Labute approximate surface area is 175 Å². The van der Waals surface area contributed by atoms with E-state index in [-0.39, 0.29) is 12.5 Å². The van der Waals surface area contributed by atoms with Gasteiger partial charge in [-0.25, -0.2) is 8.42 Å². The van der Waals surface area contributed by atoms with Crippen molar-refractivity contribution in [2.24, 2.45) is 0 Å². The summed E-state index contributed by atoms with van der Waals surface area (Å²) in [5.41, 5.74) is 1.76. The third-order valence-electron chi connectivity index (χ3n) is 4.79. The molecule has 1 aliphatic rings. The maximum absolute atomic E-state index is 12.7. The summed E-state index contributed by atoms with van der Waals surface area (Å²) < 4.78 is 25.9. The number of carbonyl (C=O) groups is 2. The second-order valence-corrected chi connectivity index (χ2v) is 9.22. The smallest absolute Gasteiger partial charge is 0.253 e. The number of anilines is 1. The molecule has 0 atom stereocenters. The predicted octanol–water partition coefficient (Wildman–Crippen LogP) is 2.22. The van der Waals surface area contributed by atoms with Gasteiger partial charge in [0.05, 0.1) is 18.5 Å². The third-order valence-corrected chi connectivity index (χ3v) is 6.19. The van der Waals surface area contributed by atoms with E-state index in [1.54, 1.807) is 58.3 Å². The van der Waals surface area contributed by atoms with Gasteiger partial charge in [0.1, 0.15) is 0 Å². The number of carbonyl (C=O) groups excluding carboxylic acids is 2. The Bertz CT molecular complexity index is 970. The molecule has 2 aromatic carbocycles. The lowest BCUT2D eigenvalue weighted by atomic mass is 10.1. The van der Waals surface area contributed by atoms with Crippen molar-refractivity contribution >= 4 is 39.6 Å². The van der Waals surface area contributed by atoms with E-state index in [0.717, 1.165) is 18.2 Å². The summed E-state index contributed by atoms with van der Waals surface area (Å²) in [5.74, 6) is -0.134. The van der Waals surface area contributed by atoms with Gasteiger partial charge in [0.2, 0.25) is 16.4 Å². The highest BCUT2D eigenvalue weighted by molar-refractivity contribution is 7.92. The van der Waals surface area contributed by atoms with Crippen LogP contribution in [0.3, 0.4) is 0 Å². The van der Waals surface area contributed by atoms with Crippen LogP contribution in [0.25, 0.3) is 0 Å². The largest absolute Gasteiger partial charge is 0.342 e. The Morgan fingerprint density at radius 2 is 1.62 bits per heavy atom. The number of sulfonamides is 1. The summed E-state index contributed by atoms with van der Waals surface area (Å²) in [4.78, 5) is 26.8. The molecule has 0 bridgehead atoms. The van der Waals surface area contributed by atoms with Crippen molar-refractivity contribution in [1.82, 2.24) is 9.80 Å². The number of piperazine rings is 1. The van der Waals surface area contributed by atoms with Gasteiger partial charge in [0, 0.05) is 36.8 Å². The van der Waals surface area contributed by atoms with E-state index in [9.17, 15) is 18.0 Å². The Morgan fingerprint density at radius 1 is 1.03 bits per heavy atom. The molecule has 0 spiro atoms. The zero-order valence-electron chi connectivity index (χ0n) is 16.0. The summed E-state index contributed by atoms with van der Waals surface area (Å²) in [7, 11) is -3.52. The fourth-order valence-electron chi connectivity index (χ4n) is 3.14. The van der Waals surface area contributed by atoms with E-state index in [1.807, 2.05) is 0 Å². The van der Waals surface area contributed by atoms with Gasteiger partial charge < -0.3 is 9.80 Å². The fourth-order valence-corrected chi connectivity index (χ4v) is 4.15. The normalized spacial score (nSPS) is 14.6. The average molecular weight is 436 g/mol. The molecular formula is C20H22ClN3O4S.